The number of hydrogen-bond acceptors (Lipinski definition) is 1. The molecule has 0 bridgehead atoms. The van der Waals surface area contributed by atoms with Gasteiger partial charge in [-0.2, -0.15) is 0 Å². The van der Waals surface area contributed by atoms with Crippen molar-refractivity contribution in [1.29, 1.82) is 0 Å². The number of piperidine rings is 1. The number of rotatable bonds is 1. The van der Waals surface area contributed by atoms with E-state index in [0.29, 0.717) is 6.04 Å². The zero-order valence-electron chi connectivity index (χ0n) is 11.6. The van der Waals surface area contributed by atoms with E-state index in [2.05, 4.69) is 35.0 Å². The van der Waals surface area contributed by atoms with Gasteiger partial charge >= 0.3 is 0 Å². The molecule has 1 aliphatic rings. The fraction of sp³-hybridized carbons (Fsp3) is 0.353. The molecule has 1 saturated heterocycles. The quantitative estimate of drug-likeness (QED) is 0.746. The standard InChI is InChI=1S/C17H18BrNO/c1-12-6-2-3-11-19(12)17(20)14-9-4-7-13-8-5-10-15(18)16(13)14/h4-5,7-10,12H,2-3,6,11H2,1H3. The summed E-state index contributed by atoms with van der Waals surface area (Å²) in [6.45, 7) is 3.03. The lowest BCUT2D eigenvalue weighted by molar-refractivity contribution is 0.0637. The minimum Gasteiger partial charge on any atom is -0.336 e. The summed E-state index contributed by atoms with van der Waals surface area (Å²) in [5, 5.41) is 2.13. The molecule has 3 rings (SSSR count). The molecule has 1 aliphatic heterocycles. The molecule has 0 radical (unpaired) electrons. The van der Waals surface area contributed by atoms with Crippen LogP contribution in [0.2, 0.25) is 0 Å². The Kier molecular flexibility index (Phi) is 3.79. The van der Waals surface area contributed by atoms with Crippen molar-refractivity contribution in [3.8, 4) is 0 Å². The fourth-order valence-electron chi connectivity index (χ4n) is 3.03. The van der Waals surface area contributed by atoms with E-state index in [9.17, 15) is 4.79 Å². The van der Waals surface area contributed by atoms with Crippen LogP contribution in [0.4, 0.5) is 0 Å². The van der Waals surface area contributed by atoms with Gasteiger partial charge in [0.1, 0.15) is 0 Å². The van der Waals surface area contributed by atoms with Crippen molar-refractivity contribution in [2.24, 2.45) is 0 Å². The van der Waals surface area contributed by atoms with Gasteiger partial charge in [0.05, 0.1) is 0 Å². The molecule has 1 heterocycles. The van der Waals surface area contributed by atoms with Crippen molar-refractivity contribution in [1.82, 2.24) is 4.90 Å². The van der Waals surface area contributed by atoms with Crippen LogP contribution in [0.5, 0.6) is 0 Å². The lowest BCUT2D eigenvalue weighted by atomic mass is 9.99. The Hall–Kier alpha value is -1.35. The second-order valence-electron chi connectivity index (χ2n) is 5.49. The van der Waals surface area contributed by atoms with Crippen LogP contribution in [0.25, 0.3) is 10.8 Å². The highest BCUT2D eigenvalue weighted by Crippen LogP contribution is 2.29. The molecule has 1 unspecified atom stereocenters. The van der Waals surface area contributed by atoms with E-state index in [1.165, 1.54) is 6.42 Å². The number of carbonyl (C=O) groups is 1. The second kappa shape index (κ2) is 5.57. The van der Waals surface area contributed by atoms with Crippen LogP contribution in [0.15, 0.2) is 40.9 Å². The summed E-state index contributed by atoms with van der Waals surface area (Å²) in [5.74, 6) is 0.162. The summed E-state index contributed by atoms with van der Waals surface area (Å²) in [4.78, 5) is 14.9. The third-order valence-electron chi connectivity index (χ3n) is 4.15. The van der Waals surface area contributed by atoms with Crippen LogP contribution >= 0.6 is 15.9 Å². The molecule has 1 atom stereocenters. The van der Waals surface area contributed by atoms with Crippen molar-refractivity contribution in [3.05, 3.63) is 46.4 Å². The minimum absolute atomic E-state index is 0.162. The van der Waals surface area contributed by atoms with Crippen LogP contribution in [0.1, 0.15) is 36.5 Å². The van der Waals surface area contributed by atoms with Crippen LogP contribution in [-0.4, -0.2) is 23.4 Å². The van der Waals surface area contributed by atoms with Crippen molar-refractivity contribution in [3.63, 3.8) is 0 Å². The maximum atomic E-state index is 12.9. The minimum atomic E-state index is 0.162. The summed E-state index contributed by atoms with van der Waals surface area (Å²) < 4.78 is 0.989. The zero-order chi connectivity index (χ0) is 14.1. The van der Waals surface area contributed by atoms with E-state index < -0.39 is 0 Å². The molecule has 2 aromatic rings. The normalized spacial score (nSPS) is 19.3. The molecule has 3 heteroatoms. The van der Waals surface area contributed by atoms with Gasteiger partial charge in [-0.3, -0.25) is 4.79 Å². The van der Waals surface area contributed by atoms with Crippen molar-refractivity contribution >= 4 is 32.6 Å². The maximum Gasteiger partial charge on any atom is 0.254 e. The Bertz CT molecular complexity index is 647. The van der Waals surface area contributed by atoms with Gasteiger partial charge in [0.25, 0.3) is 5.91 Å². The molecule has 1 amide bonds. The summed E-state index contributed by atoms with van der Waals surface area (Å²) in [5.41, 5.74) is 0.809. The van der Waals surface area contributed by atoms with E-state index in [-0.39, 0.29) is 5.91 Å². The molecule has 0 aromatic heterocycles. The number of nitrogens with zero attached hydrogens (tertiary/aromatic N) is 1. The Morgan fingerprint density at radius 3 is 2.70 bits per heavy atom. The van der Waals surface area contributed by atoms with Crippen LogP contribution in [0, 0.1) is 0 Å². The fourth-order valence-corrected chi connectivity index (χ4v) is 3.62. The van der Waals surface area contributed by atoms with E-state index in [4.69, 9.17) is 0 Å². The predicted molar refractivity (Wildman–Crippen MR) is 86.0 cm³/mol. The first-order chi connectivity index (χ1) is 9.68. The molecule has 2 aromatic carbocycles. The van der Waals surface area contributed by atoms with E-state index >= 15 is 0 Å². The zero-order valence-corrected chi connectivity index (χ0v) is 13.2. The van der Waals surface area contributed by atoms with Crippen molar-refractivity contribution in [2.75, 3.05) is 6.54 Å². The number of hydrogen-bond donors (Lipinski definition) is 0. The molecule has 2 nitrogen and oxygen atoms in total. The summed E-state index contributed by atoms with van der Waals surface area (Å²) in [6, 6.07) is 12.4. The summed E-state index contributed by atoms with van der Waals surface area (Å²) in [7, 11) is 0. The monoisotopic (exact) mass is 331 g/mol. The van der Waals surface area contributed by atoms with Gasteiger partial charge < -0.3 is 4.90 Å². The second-order valence-corrected chi connectivity index (χ2v) is 6.34. The van der Waals surface area contributed by atoms with Gasteiger partial charge in [-0.25, -0.2) is 0 Å². The van der Waals surface area contributed by atoms with Gasteiger partial charge in [-0.15, -0.1) is 0 Å². The Labute approximate surface area is 127 Å². The Balaban J connectivity index is 2.07. The van der Waals surface area contributed by atoms with Gasteiger partial charge in [0.2, 0.25) is 0 Å². The maximum absolute atomic E-state index is 12.9. The number of benzene rings is 2. The summed E-state index contributed by atoms with van der Waals surface area (Å²) in [6.07, 6.45) is 3.45. The molecule has 0 aliphatic carbocycles. The van der Waals surface area contributed by atoms with E-state index in [0.717, 1.165) is 40.2 Å². The van der Waals surface area contributed by atoms with Gasteiger partial charge in [0.15, 0.2) is 0 Å². The molecule has 20 heavy (non-hydrogen) atoms. The van der Waals surface area contributed by atoms with Crippen molar-refractivity contribution in [2.45, 2.75) is 32.2 Å². The van der Waals surface area contributed by atoms with Crippen LogP contribution in [-0.2, 0) is 0 Å². The Morgan fingerprint density at radius 2 is 1.95 bits per heavy atom. The Morgan fingerprint density at radius 1 is 1.20 bits per heavy atom. The molecular formula is C17H18BrNO. The SMILES string of the molecule is CC1CCCCN1C(=O)c1cccc2cccc(Br)c12. The largest absolute Gasteiger partial charge is 0.336 e. The molecule has 0 saturated carbocycles. The first-order valence-electron chi connectivity index (χ1n) is 7.16. The first-order valence-corrected chi connectivity index (χ1v) is 7.96. The molecule has 104 valence electrons. The highest BCUT2D eigenvalue weighted by atomic mass is 79.9. The third kappa shape index (κ3) is 2.35. The molecular weight excluding hydrogens is 314 g/mol. The average Bonchev–Trinajstić information content (AvgIpc) is 2.47. The smallest absolute Gasteiger partial charge is 0.254 e. The predicted octanol–water partition coefficient (Wildman–Crippen LogP) is 4.62. The summed E-state index contributed by atoms with van der Waals surface area (Å²) >= 11 is 3.58. The van der Waals surface area contributed by atoms with Gasteiger partial charge in [0, 0.05) is 28.0 Å². The van der Waals surface area contributed by atoms with E-state index in [1.807, 2.05) is 29.2 Å². The lowest BCUT2D eigenvalue weighted by Gasteiger charge is -2.33. The van der Waals surface area contributed by atoms with Crippen LogP contribution in [0.3, 0.4) is 0 Å². The van der Waals surface area contributed by atoms with Crippen molar-refractivity contribution < 1.29 is 4.79 Å². The number of amides is 1. The number of likely N-dealkylation sites (tertiary alicyclic amines) is 1. The van der Waals surface area contributed by atoms with E-state index in [1.54, 1.807) is 0 Å². The average molecular weight is 332 g/mol. The van der Waals surface area contributed by atoms with Gasteiger partial charge in [-0.1, -0.05) is 40.2 Å². The first kappa shape index (κ1) is 13.6. The molecule has 1 fully saturated rings. The number of carbonyl (C=O) groups excluding carboxylic acids is 1. The van der Waals surface area contributed by atoms with Crippen LogP contribution < -0.4 is 0 Å². The molecule has 0 spiro atoms. The third-order valence-corrected chi connectivity index (χ3v) is 4.81. The topological polar surface area (TPSA) is 20.3 Å². The highest BCUT2D eigenvalue weighted by molar-refractivity contribution is 9.10. The number of halogens is 1. The lowest BCUT2D eigenvalue weighted by Crippen LogP contribution is -2.42. The van der Waals surface area contributed by atoms with Gasteiger partial charge in [-0.05, 0) is 43.7 Å². The highest BCUT2D eigenvalue weighted by Gasteiger charge is 2.25. The number of fused-ring (bicyclic) bond motifs is 1. The molecule has 0 N–H and O–H groups in total.